The van der Waals surface area contributed by atoms with Gasteiger partial charge >= 0.3 is 0 Å². The van der Waals surface area contributed by atoms with E-state index in [0.29, 0.717) is 11.1 Å². The van der Waals surface area contributed by atoms with Gasteiger partial charge in [-0.05, 0) is 54.4 Å². The van der Waals surface area contributed by atoms with Crippen molar-refractivity contribution in [3.8, 4) is 0 Å². The number of rotatable bonds is 2. The molecule has 5 aliphatic heterocycles. The number of piperazine rings is 2. The van der Waals surface area contributed by atoms with Gasteiger partial charge in [-0.1, -0.05) is 0 Å². The van der Waals surface area contributed by atoms with Crippen molar-refractivity contribution in [3.05, 3.63) is 0 Å². The summed E-state index contributed by atoms with van der Waals surface area (Å²) in [6.07, 6.45) is 2.82. The molecule has 0 aromatic heterocycles. The van der Waals surface area contributed by atoms with E-state index >= 15 is 0 Å². The van der Waals surface area contributed by atoms with Crippen LogP contribution in [-0.2, 0) is 0 Å². The molecule has 5 aliphatic rings. The van der Waals surface area contributed by atoms with Crippen molar-refractivity contribution in [3.63, 3.8) is 0 Å². The van der Waals surface area contributed by atoms with Crippen molar-refractivity contribution in [2.75, 3.05) is 32.8 Å². The number of likely N-dealkylation sites (tertiary alicyclic amines) is 2. The molecule has 5 heterocycles. The normalized spacial score (nSPS) is 39.9. The zero-order chi connectivity index (χ0) is 16.6. The van der Waals surface area contributed by atoms with Crippen LogP contribution in [0, 0.1) is 0 Å². The summed E-state index contributed by atoms with van der Waals surface area (Å²) in [6, 6.07) is 3.21. The predicted molar refractivity (Wildman–Crippen MR) is 95.6 cm³/mol. The molecule has 4 heteroatoms. The topological polar surface area (TPSA) is 13.0 Å². The van der Waals surface area contributed by atoms with Crippen LogP contribution in [0.1, 0.15) is 54.4 Å². The van der Waals surface area contributed by atoms with Crippen molar-refractivity contribution < 1.29 is 0 Å². The van der Waals surface area contributed by atoms with Crippen molar-refractivity contribution in [2.45, 2.75) is 89.6 Å². The quantitative estimate of drug-likeness (QED) is 0.772. The monoisotopic (exact) mass is 320 g/mol. The maximum absolute atomic E-state index is 2.78. The fourth-order valence-corrected chi connectivity index (χ4v) is 5.91. The van der Waals surface area contributed by atoms with Gasteiger partial charge in [0.1, 0.15) is 0 Å². The smallest absolute Gasteiger partial charge is 0.0511 e. The Bertz CT molecular complexity index is 451. The van der Waals surface area contributed by atoms with Crippen LogP contribution >= 0.6 is 0 Å². The molecule has 0 spiro atoms. The van der Waals surface area contributed by atoms with Gasteiger partial charge in [0, 0.05) is 61.4 Å². The summed E-state index contributed by atoms with van der Waals surface area (Å²) in [6.45, 7) is 20.6. The van der Waals surface area contributed by atoms with Crippen LogP contribution < -0.4 is 0 Å². The summed E-state index contributed by atoms with van der Waals surface area (Å²) in [7, 11) is 0. The zero-order valence-corrected chi connectivity index (χ0v) is 16.0. The van der Waals surface area contributed by atoms with Crippen molar-refractivity contribution in [1.82, 2.24) is 19.6 Å². The van der Waals surface area contributed by atoms with E-state index < -0.39 is 0 Å². The van der Waals surface area contributed by atoms with Gasteiger partial charge in [-0.25, -0.2) is 0 Å². The lowest BCUT2D eigenvalue weighted by Crippen LogP contribution is -2.73. The molecule has 0 aromatic carbocycles. The minimum absolute atomic E-state index is 0.339. The molecule has 0 amide bonds. The Morgan fingerprint density at radius 3 is 1.78 bits per heavy atom. The van der Waals surface area contributed by atoms with E-state index in [1.54, 1.807) is 0 Å². The molecule has 0 N–H and O–H groups in total. The van der Waals surface area contributed by atoms with E-state index in [0.717, 1.165) is 24.2 Å². The lowest BCUT2D eigenvalue weighted by Gasteiger charge is -2.62. The third-order valence-electron chi connectivity index (χ3n) is 6.64. The summed E-state index contributed by atoms with van der Waals surface area (Å²) in [4.78, 5) is 11.0. The van der Waals surface area contributed by atoms with Crippen molar-refractivity contribution in [1.29, 1.82) is 0 Å². The van der Waals surface area contributed by atoms with Gasteiger partial charge < -0.3 is 0 Å². The second-order valence-electron chi connectivity index (χ2n) is 10.4. The summed E-state index contributed by atoms with van der Waals surface area (Å²) >= 11 is 0. The molecular formula is C19H36N4. The highest BCUT2D eigenvalue weighted by atomic mass is 15.5. The first kappa shape index (κ1) is 16.3. The molecular weight excluding hydrogens is 284 g/mol. The van der Waals surface area contributed by atoms with E-state index in [9.17, 15) is 0 Å². The fourth-order valence-electron chi connectivity index (χ4n) is 5.91. The summed E-state index contributed by atoms with van der Waals surface area (Å²) in [5, 5.41) is 0. The molecule has 5 fully saturated rings. The van der Waals surface area contributed by atoms with E-state index in [-0.39, 0.29) is 0 Å². The van der Waals surface area contributed by atoms with Gasteiger partial charge in [-0.15, -0.1) is 0 Å². The minimum atomic E-state index is 0.339. The highest BCUT2D eigenvalue weighted by Gasteiger charge is 2.51. The molecule has 0 saturated carbocycles. The zero-order valence-electron chi connectivity index (χ0n) is 16.0. The van der Waals surface area contributed by atoms with E-state index in [2.05, 4.69) is 61.1 Å². The largest absolute Gasteiger partial charge is 0.293 e. The maximum atomic E-state index is 2.78. The Morgan fingerprint density at radius 1 is 0.696 bits per heavy atom. The van der Waals surface area contributed by atoms with Gasteiger partial charge in [-0.2, -0.15) is 0 Å². The number of hydrogen-bond donors (Lipinski definition) is 0. The van der Waals surface area contributed by atoms with Crippen LogP contribution in [-0.4, -0.2) is 87.7 Å². The number of piperidine rings is 1. The Morgan fingerprint density at radius 2 is 1.30 bits per heavy atom. The molecule has 4 bridgehead atoms. The van der Waals surface area contributed by atoms with Crippen LogP contribution in [0.2, 0.25) is 0 Å². The first-order valence-corrected chi connectivity index (χ1v) is 9.64. The average Bonchev–Trinajstić information content (AvgIpc) is 2.95. The van der Waals surface area contributed by atoms with Gasteiger partial charge in [0.15, 0.2) is 0 Å². The SMILES string of the molecule is CC(C)(C)N1C2CC1CN(CN1C[C@H]3C[C@@H]1CN3C(C)(C)C)C2. The van der Waals surface area contributed by atoms with E-state index in [1.165, 1.54) is 45.7 Å². The van der Waals surface area contributed by atoms with E-state index in [4.69, 9.17) is 0 Å². The molecule has 2 unspecified atom stereocenters. The molecule has 5 saturated heterocycles. The van der Waals surface area contributed by atoms with Gasteiger partial charge in [0.25, 0.3) is 0 Å². The third kappa shape index (κ3) is 2.76. The second-order valence-corrected chi connectivity index (χ2v) is 10.4. The standard InChI is InChI=1S/C19H36N4/c1-18(2,3)22-12-14-7-15(22)11-21(14)13-20-9-16-8-17(10-20)23(16)19(4,5)6/h14-17H,7-13H2,1-6H3/t14-,15-,16?,17?/m1/s1. The molecule has 4 nitrogen and oxygen atoms in total. The Balaban J connectivity index is 1.31. The molecule has 0 aliphatic carbocycles. The lowest BCUT2D eigenvalue weighted by molar-refractivity contribution is -0.130. The highest BCUT2D eigenvalue weighted by molar-refractivity contribution is 5.07. The molecule has 5 rings (SSSR count). The minimum Gasteiger partial charge on any atom is -0.293 e. The lowest BCUT2D eigenvalue weighted by atomic mass is 9.82. The summed E-state index contributed by atoms with van der Waals surface area (Å²) < 4.78 is 0. The van der Waals surface area contributed by atoms with Gasteiger partial charge in [0.05, 0.1) is 6.67 Å². The molecule has 132 valence electrons. The summed E-state index contributed by atoms with van der Waals surface area (Å²) in [5.74, 6) is 0. The molecule has 0 radical (unpaired) electrons. The first-order chi connectivity index (χ1) is 10.6. The van der Waals surface area contributed by atoms with Crippen LogP contribution in [0.5, 0.6) is 0 Å². The Labute approximate surface area is 142 Å². The fraction of sp³-hybridized carbons (Fsp3) is 1.00. The van der Waals surface area contributed by atoms with Crippen LogP contribution in [0.3, 0.4) is 0 Å². The average molecular weight is 321 g/mol. The van der Waals surface area contributed by atoms with Crippen LogP contribution in [0.15, 0.2) is 0 Å². The van der Waals surface area contributed by atoms with E-state index in [1.807, 2.05) is 0 Å². The van der Waals surface area contributed by atoms with Crippen molar-refractivity contribution in [2.24, 2.45) is 0 Å². The highest BCUT2D eigenvalue weighted by Crippen LogP contribution is 2.40. The molecule has 0 aromatic rings. The molecule has 4 atom stereocenters. The maximum Gasteiger partial charge on any atom is 0.0511 e. The third-order valence-corrected chi connectivity index (χ3v) is 6.64. The van der Waals surface area contributed by atoms with Crippen LogP contribution in [0.4, 0.5) is 0 Å². The van der Waals surface area contributed by atoms with Gasteiger partial charge in [-0.3, -0.25) is 19.6 Å². The predicted octanol–water partition coefficient (Wildman–Crippen LogP) is 2.06. The number of hydrogen-bond acceptors (Lipinski definition) is 4. The summed E-state index contributed by atoms with van der Waals surface area (Å²) in [5.41, 5.74) is 0.686. The van der Waals surface area contributed by atoms with Crippen LogP contribution in [0.25, 0.3) is 0 Å². The van der Waals surface area contributed by atoms with Crippen molar-refractivity contribution >= 4 is 0 Å². The Kier molecular flexibility index (Phi) is 3.67. The number of fused-ring (bicyclic) bond motifs is 4. The van der Waals surface area contributed by atoms with Gasteiger partial charge in [0.2, 0.25) is 0 Å². The number of nitrogens with zero attached hydrogens (tertiary/aromatic N) is 4. The first-order valence-electron chi connectivity index (χ1n) is 9.64. The Hall–Kier alpha value is -0.160. The molecule has 23 heavy (non-hydrogen) atoms. The second kappa shape index (κ2) is 5.17.